The molecule has 0 aromatic heterocycles. The van der Waals surface area contributed by atoms with E-state index in [2.05, 4.69) is 11.9 Å². The van der Waals surface area contributed by atoms with Crippen LogP contribution in [0.3, 0.4) is 0 Å². The molecular formula is C15H20F3N. The van der Waals surface area contributed by atoms with Gasteiger partial charge in [-0.15, -0.1) is 0 Å². The van der Waals surface area contributed by atoms with Gasteiger partial charge in [-0.05, 0) is 57.5 Å². The van der Waals surface area contributed by atoms with Crippen molar-refractivity contribution in [1.29, 1.82) is 0 Å². The third-order valence-corrected chi connectivity index (χ3v) is 3.97. The maximum absolute atomic E-state index is 14.0. The van der Waals surface area contributed by atoms with E-state index in [9.17, 15) is 13.2 Å². The van der Waals surface area contributed by atoms with E-state index >= 15 is 0 Å². The highest BCUT2D eigenvalue weighted by Gasteiger charge is 2.32. The number of piperidine rings is 1. The number of hydrogen-bond donors (Lipinski definition) is 0. The quantitative estimate of drug-likeness (QED) is 0.799. The minimum absolute atomic E-state index is 0.0816. The number of hydrogen-bond acceptors (Lipinski definition) is 1. The van der Waals surface area contributed by atoms with Crippen molar-refractivity contribution in [2.24, 2.45) is 5.92 Å². The van der Waals surface area contributed by atoms with Crippen molar-refractivity contribution in [1.82, 2.24) is 4.90 Å². The molecule has 0 bridgehead atoms. The van der Waals surface area contributed by atoms with Gasteiger partial charge in [0.15, 0.2) is 0 Å². The Bertz CT molecular complexity index is 394. The van der Waals surface area contributed by atoms with Gasteiger partial charge in [-0.3, -0.25) is 0 Å². The fourth-order valence-corrected chi connectivity index (χ4v) is 2.57. The Morgan fingerprint density at radius 3 is 2.32 bits per heavy atom. The molecule has 1 heterocycles. The van der Waals surface area contributed by atoms with Crippen molar-refractivity contribution in [2.75, 3.05) is 20.1 Å². The highest BCUT2D eigenvalue weighted by molar-refractivity contribution is 5.20. The Balaban J connectivity index is 1.88. The van der Waals surface area contributed by atoms with Crippen LogP contribution in [0.4, 0.5) is 13.2 Å². The Labute approximate surface area is 112 Å². The van der Waals surface area contributed by atoms with Crippen LogP contribution < -0.4 is 0 Å². The van der Waals surface area contributed by atoms with Gasteiger partial charge in [-0.1, -0.05) is 12.1 Å². The first-order valence-corrected chi connectivity index (χ1v) is 6.80. The molecule has 106 valence electrons. The summed E-state index contributed by atoms with van der Waals surface area (Å²) < 4.78 is 40.7. The lowest BCUT2D eigenvalue weighted by Crippen LogP contribution is -2.30. The van der Waals surface area contributed by atoms with E-state index in [1.54, 1.807) is 0 Å². The molecule has 1 aliphatic heterocycles. The van der Waals surface area contributed by atoms with Crippen molar-refractivity contribution in [2.45, 2.75) is 31.6 Å². The molecule has 1 aromatic carbocycles. The van der Waals surface area contributed by atoms with Gasteiger partial charge in [0.2, 0.25) is 0 Å². The second-order valence-electron chi connectivity index (χ2n) is 5.50. The molecule has 0 spiro atoms. The SMILES string of the molecule is CN1CCC(CCC(F)(F)c2ccc(F)cc2)CC1. The largest absolute Gasteiger partial charge is 0.306 e. The molecule has 1 nitrogen and oxygen atoms in total. The number of benzene rings is 1. The highest BCUT2D eigenvalue weighted by atomic mass is 19.3. The van der Waals surface area contributed by atoms with Crippen LogP contribution in [-0.2, 0) is 5.92 Å². The maximum atomic E-state index is 14.0. The Kier molecular flexibility index (Phi) is 4.50. The van der Waals surface area contributed by atoms with Crippen LogP contribution in [0.25, 0.3) is 0 Å². The summed E-state index contributed by atoms with van der Waals surface area (Å²) in [5.41, 5.74) is -0.0816. The van der Waals surface area contributed by atoms with E-state index in [0.29, 0.717) is 12.3 Å². The summed E-state index contributed by atoms with van der Waals surface area (Å²) in [5, 5.41) is 0. The number of likely N-dealkylation sites (tertiary alicyclic amines) is 1. The normalized spacial score (nSPS) is 18.7. The molecule has 1 saturated heterocycles. The van der Waals surface area contributed by atoms with Gasteiger partial charge >= 0.3 is 0 Å². The van der Waals surface area contributed by atoms with Crippen molar-refractivity contribution < 1.29 is 13.2 Å². The second kappa shape index (κ2) is 5.95. The molecule has 19 heavy (non-hydrogen) atoms. The highest BCUT2D eigenvalue weighted by Crippen LogP contribution is 2.35. The van der Waals surface area contributed by atoms with E-state index in [-0.39, 0.29) is 12.0 Å². The van der Waals surface area contributed by atoms with Crippen molar-refractivity contribution in [3.05, 3.63) is 35.6 Å². The van der Waals surface area contributed by atoms with Crippen molar-refractivity contribution in [3.8, 4) is 0 Å². The predicted molar refractivity (Wildman–Crippen MR) is 69.7 cm³/mol. The number of nitrogens with zero attached hydrogens (tertiary/aromatic N) is 1. The molecule has 1 fully saturated rings. The van der Waals surface area contributed by atoms with Crippen LogP contribution in [-0.4, -0.2) is 25.0 Å². The lowest BCUT2D eigenvalue weighted by molar-refractivity contribution is -0.0213. The molecule has 4 heteroatoms. The third-order valence-electron chi connectivity index (χ3n) is 3.97. The molecular weight excluding hydrogens is 251 g/mol. The van der Waals surface area contributed by atoms with E-state index in [0.717, 1.165) is 38.1 Å². The van der Waals surface area contributed by atoms with Crippen LogP contribution in [0, 0.1) is 11.7 Å². The number of halogens is 3. The van der Waals surface area contributed by atoms with Crippen LogP contribution in [0.15, 0.2) is 24.3 Å². The van der Waals surface area contributed by atoms with Crippen LogP contribution in [0.1, 0.15) is 31.2 Å². The van der Waals surface area contributed by atoms with Crippen LogP contribution in [0.2, 0.25) is 0 Å². The van der Waals surface area contributed by atoms with E-state index < -0.39 is 11.7 Å². The Morgan fingerprint density at radius 1 is 1.16 bits per heavy atom. The smallest absolute Gasteiger partial charge is 0.273 e. The third kappa shape index (κ3) is 3.96. The standard InChI is InChI=1S/C15H20F3N/c1-19-10-7-12(8-11-19)6-9-15(17,18)13-2-4-14(16)5-3-13/h2-5,12H,6-11H2,1H3. The van der Waals surface area contributed by atoms with Gasteiger partial charge in [-0.2, -0.15) is 0 Å². The molecule has 0 N–H and O–H groups in total. The lowest BCUT2D eigenvalue weighted by Gasteiger charge is -2.29. The average molecular weight is 271 g/mol. The van der Waals surface area contributed by atoms with Crippen LogP contribution >= 0.6 is 0 Å². The van der Waals surface area contributed by atoms with Gasteiger partial charge in [0.05, 0.1) is 0 Å². The first-order valence-electron chi connectivity index (χ1n) is 6.80. The summed E-state index contributed by atoms with van der Waals surface area (Å²) in [6.45, 7) is 1.99. The van der Waals surface area contributed by atoms with Gasteiger partial charge in [0.1, 0.15) is 5.82 Å². The summed E-state index contributed by atoms with van der Waals surface area (Å²) >= 11 is 0. The molecule has 0 unspecified atom stereocenters. The second-order valence-corrected chi connectivity index (χ2v) is 5.50. The first kappa shape index (κ1) is 14.4. The number of rotatable bonds is 4. The maximum Gasteiger partial charge on any atom is 0.273 e. The molecule has 1 aliphatic rings. The predicted octanol–water partition coefficient (Wildman–Crippen LogP) is 4.04. The van der Waals surface area contributed by atoms with Gasteiger partial charge in [0, 0.05) is 12.0 Å². The minimum Gasteiger partial charge on any atom is -0.306 e. The van der Waals surface area contributed by atoms with Crippen molar-refractivity contribution >= 4 is 0 Å². The lowest BCUT2D eigenvalue weighted by atomic mass is 9.90. The minimum atomic E-state index is -2.85. The zero-order valence-electron chi connectivity index (χ0n) is 11.2. The average Bonchev–Trinajstić information content (AvgIpc) is 2.39. The monoisotopic (exact) mass is 271 g/mol. The summed E-state index contributed by atoms with van der Waals surface area (Å²) in [7, 11) is 2.06. The molecule has 2 rings (SSSR count). The zero-order chi connectivity index (χ0) is 13.9. The summed E-state index contributed by atoms with van der Waals surface area (Å²) in [4.78, 5) is 2.23. The summed E-state index contributed by atoms with van der Waals surface area (Å²) in [6, 6.07) is 4.56. The number of alkyl halides is 2. The molecule has 1 aromatic rings. The fraction of sp³-hybridized carbons (Fsp3) is 0.600. The van der Waals surface area contributed by atoms with Gasteiger partial charge < -0.3 is 4.90 Å². The molecule has 0 atom stereocenters. The molecule has 0 radical (unpaired) electrons. The Hall–Kier alpha value is -1.03. The molecule has 0 amide bonds. The van der Waals surface area contributed by atoms with E-state index in [1.807, 2.05) is 0 Å². The van der Waals surface area contributed by atoms with Crippen LogP contribution in [0.5, 0.6) is 0 Å². The zero-order valence-corrected chi connectivity index (χ0v) is 11.2. The van der Waals surface area contributed by atoms with Crippen molar-refractivity contribution in [3.63, 3.8) is 0 Å². The van der Waals surface area contributed by atoms with Gasteiger partial charge in [0.25, 0.3) is 5.92 Å². The summed E-state index contributed by atoms with van der Waals surface area (Å²) in [5.74, 6) is -2.94. The van der Waals surface area contributed by atoms with E-state index in [1.165, 1.54) is 12.1 Å². The molecule has 0 saturated carbocycles. The molecule has 0 aliphatic carbocycles. The Morgan fingerprint density at radius 2 is 1.74 bits per heavy atom. The fourth-order valence-electron chi connectivity index (χ4n) is 2.57. The summed E-state index contributed by atoms with van der Waals surface area (Å²) in [6.07, 6.45) is 2.39. The van der Waals surface area contributed by atoms with Gasteiger partial charge in [-0.25, -0.2) is 13.2 Å². The first-order chi connectivity index (χ1) is 8.97. The van der Waals surface area contributed by atoms with E-state index in [4.69, 9.17) is 0 Å². The topological polar surface area (TPSA) is 3.24 Å².